The maximum atomic E-state index is 13.3. The molecule has 2 amide bonds. The molecule has 0 radical (unpaired) electrons. The summed E-state index contributed by atoms with van der Waals surface area (Å²) in [5.74, 6) is 0.452. The van der Waals surface area contributed by atoms with Crippen molar-refractivity contribution >= 4 is 22.9 Å². The summed E-state index contributed by atoms with van der Waals surface area (Å²) in [5.41, 5.74) is 7.43. The van der Waals surface area contributed by atoms with Crippen molar-refractivity contribution in [3.8, 4) is 11.5 Å². The topological polar surface area (TPSA) is 99.9 Å². The number of ether oxygens (including phenoxy) is 2. The second-order valence-electron chi connectivity index (χ2n) is 7.32. The molecule has 29 heavy (non-hydrogen) atoms. The van der Waals surface area contributed by atoms with Crippen LogP contribution in [-0.2, 0) is 17.8 Å². The van der Waals surface area contributed by atoms with E-state index in [2.05, 4.69) is 0 Å². The monoisotopic (exact) mass is 397 g/mol. The molecule has 3 aromatic rings. The van der Waals surface area contributed by atoms with Crippen LogP contribution in [0, 0.1) is 0 Å². The normalized spacial score (nSPS) is 18.7. The summed E-state index contributed by atoms with van der Waals surface area (Å²) in [6.45, 7) is 2.31. The zero-order chi connectivity index (χ0) is 20.8. The number of furan rings is 1. The maximum Gasteiger partial charge on any atom is 0.271 e. The first-order valence-corrected chi connectivity index (χ1v) is 9.28. The number of primary amides is 1. The molecule has 0 bridgehead atoms. The highest BCUT2D eigenvalue weighted by Gasteiger charge is 2.46. The van der Waals surface area contributed by atoms with Gasteiger partial charge < -0.3 is 29.1 Å². The van der Waals surface area contributed by atoms with Crippen molar-refractivity contribution in [3.05, 3.63) is 47.9 Å². The van der Waals surface area contributed by atoms with E-state index in [1.807, 2.05) is 18.2 Å². The van der Waals surface area contributed by atoms with Gasteiger partial charge in [0.05, 0.1) is 32.5 Å². The van der Waals surface area contributed by atoms with Gasteiger partial charge in [-0.2, -0.15) is 0 Å². The number of nitrogens with zero attached hydrogens (tertiary/aromatic N) is 2. The van der Waals surface area contributed by atoms with Crippen LogP contribution in [-0.4, -0.2) is 47.6 Å². The Bertz CT molecular complexity index is 1100. The second-order valence-corrected chi connectivity index (χ2v) is 7.32. The summed E-state index contributed by atoms with van der Waals surface area (Å²) < 4.78 is 17.8. The average molecular weight is 397 g/mol. The zero-order valence-electron chi connectivity index (χ0n) is 16.6. The highest BCUT2D eigenvalue weighted by atomic mass is 16.5. The van der Waals surface area contributed by atoms with Crippen molar-refractivity contribution < 1.29 is 23.5 Å². The molecule has 2 aromatic heterocycles. The lowest BCUT2D eigenvalue weighted by molar-refractivity contribution is -0.129. The van der Waals surface area contributed by atoms with Gasteiger partial charge in [-0.3, -0.25) is 9.59 Å². The third-order valence-corrected chi connectivity index (χ3v) is 5.65. The molecule has 3 heterocycles. The Kier molecular flexibility index (Phi) is 4.49. The van der Waals surface area contributed by atoms with Crippen LogP contribution in [0.25, 0.3) is 11.1 Å². The van der Waals surface area contributed by atoms with Gasteiger partial charge in [0.1, 0.15) is 11.2 Å². The molecule has 1 unspecified atom stereocenters. The summed E-state index contributed by atoms with van der Waals surface area (Å²) in [7, 11) is 3.15. The number of carbonyl (C=O) groups is 2. The largest absolute Gasteiger partial charge is 0.493 e. The Labute approximate surface area is 167 Å². The Hall–Kier alpha value is -3.42. The first kappa shape index (κ1) is 18.9. The molecule has 8 heteroatoms. The number of hydrogen-bond acceptors (Lipinski definition) is 5. The van der Waals surface area contributed by atoms with Crippen LogP contribution in [0.5, 0.6) is 11.5 Å². The SMILES string of the molecule is COc1ccc(CCN2C(=O)c3cc4occc4n3CC2(C)C(N)=O)cc1OC. The average Bonchev–Trinajstić information content (AvgIpc) is 3.30. The van der Waals surface area contributed by atoms with Crippen LogP contribution < -0.4 is 15.2 Å². The molecule has 1 aromatic carbocycles. The fourth-order valence-corrected chi connectivity index (χ4v) is 3.92. The second kappa shape index (κ2) is 6.88. The van der Waals surface area contributed by atoms with Crippen molar-refractivity contribution in [2.24, 2.45) is 5.73 Å². The van der Waals surface area contributed by atoms with Gasteiger partial charge in [0.15, 0.2) is 17.1 Å². The van der Waals surface area contributed by atoms with E-state index in [1.54, 1.807) is 49.0 Å². The highest BCUT2D eigenvalue weighted by Crippen LogP contribution is 2.33. The molecule has 0 aliphatic carbocycles. The minimum atomic E-state index is -1.15. The van der Waals surface area contributed by atoms with Gasteiger partial charge in [-0.15, -0.1) is 0 Å². The van der Waals surface area contributed by atoms with Gasteiger partial charge in [0, 0.05) is 18.7 Å². The summed E-state index contributed by atoms with van der Waals surface area (Å²) in [6, 6.07) is 9.09. The minimum absolute atomic E-state index is 0.246. The molecule has 4 rings (SSSR count). The Morgan fingerprint density at radius 3 is 2.66 bits per heavy atom. The molecular formula is C21H23N3O5. The number of benzene rings is 1. The molecular weight excluding hydrogens is 374 g/mol. The minimum Gasteiger partial charge on any atom is -0.493 e. The Balaban J connectivity index is 1.66. The lowest BCUT2D eigenvalue weighted by atomic mass is 9.94. The van der Waals surface area contributed by atoms with Crippen molar-refractivity contribution in [2.45, 2.75) is 25.4 Å². The number of methoxy groups -OCH3 is 2. The molecule has 152 valence electrons. The number of amides is 2. The summed E-state index contributed by atoms with van der Waals surface area (Å²) >= 11 is 0. The summed E-state index contributed by atoms with van der Waals surface area (Å²) in [6.07, 6.45) is 2.10. The quantitative estimate of drug-likeness (QED) is 0.687. The number of fused-ring (bicyclic) bond motifs is 3. The van der Waals surface area contributed by atoms with Gasteiger partial charge >= 0.3 is 0 Å². The zero-order valence-corrected chi connectivity index (χ0v) is 16.6. The van der Waals surface area contributed by atoms with Crippen LogP contribution in [0.1, 0.15) is 23.0 Å². The molecule has 0 saturated heterocycles. The molecule has 0 spiro atoms. The van der Waals surface area contributed by atoms with E-state index in [1.165, 1.54) is 0 Å². The summed E-state index contributed by atoms with van der Waals surface area (Å²) in [5, 5.41) is 0. The van der Waals surface area contributed by atoms with Gasteiger partial charge in [-0.25, -0.2) is 0 Å². The summed E-state index contributed by atoms with van der Waals surface area (Å²) in [4.78, 5) is 27.2. The van der Waals surface area contributed by atoms with Crippen LogP contribution in [0.3, 0.4) is 0 Å². The third-order valence-electron chi connectivity index (χ3n) is 5.65. The first-order chi connectivity index (χ1) is 13.9. The molecule has 0 saturated carbocycles. The Morgan fingerprint density at radius 1 is 1.21 bits per heavy atom. The standard InChI is InChI=1S/C21H23N3O5/c1-21(20(22)26)12-23-14-7-9-29-17(14)11-15(23)19(25)24(21)8-6-13-4-5-16(27-2)18(10-13)28-3/h4-5,7,9-11H,6,8,12H2,1-3H3,(H2,22,26). The first-order valence-electron chi connectivity index (χ1n) is 9.28. The lowest BCUT2D eigenvalue weighted by Crippen LogP contribution is -2.63. The van der Waals surface area contributed by atoms with Crippen LogP contribution >= 0.6 is 0 Å². The van der Waals surface area contributed by atoms with Gasteiger partial charge in [0.25, 0.3) is 5.91 Å². The van der Waals surface area contributed by atoms with Crippen molar-refractivity contribution in [2.75, 3.05) is 20.8 Å². The number of hydrogen-bond donors (Lipinski definition) is 1. The van der Waals surface area contributed by atoms with E-state index in [4.69, 9.17) is 19.6 Å². The van der Waals surface area contributed by atoms with E-state index < -0.39 is 11.4 Å². The number of aromatic nitrogens is 1. The number of nitrogens with two attached hydrogens (primary N) is 1. The molecule has 2 N–H and O–H groups in total. The van der Waals surface area contributed by atoms with Crippen molar-refractivity contribution in [1.29, 1.82) is 0 Å². The third kappa shape index (κ3) is 2.91. The number of rotatable bonds is 6. The van der Waals surface area contributed by atoms with Gasteiger partial charge in [-0.1, -0.05) is 6.07 Å². The smallest absolute Gasteiger partial charge is 0.271 e. The molecule has 1 aliphatic rings. The van der Waals surface area contributed by atoms with E-state index in [0.717, 1.165) is 11.1 Å². The molecule has 0 fully saturated rings. The molecule has 1 aliphatic heterocycles. The fourth-order valence-electron chi connectivity index (χ4n) is 3.92. The fraction of sp³-hybridized carbons (Fsp3) is 0.333. The maximum absolute atomic E-state index is 13.3. The van der Waals surface area contributed by atoms with E-state index in [-0.39, 0.29) is 12.5 Å². The van der Waals surface area contributed by atoms with Gasteiger partial charge in [-0.05, 0) is 31.0 Å². The molecule has 8 nitrogen and oxygen atoms in total. The van der Waals surface area contributed by atoms with Crippen LogP contribution in [0.2, 0.25) is 0 Å². The van der Waals surface area contributed by atoms with E-state index in [0.29, 0.717) is 35.7 Å². The molecule has 1 atom stereocenters. The predicted octanol–water partition coefficient (Wildman–Crippen LogP) is 2.19. The van der Waals surface area contributed by atoms with Crippen LogP contribution in [0.4, 0.5) is 0 Å². The van der Waals surface area contributed by atoms with Crippen LogP contribution in [0.15, 0.2) is 41.0 Å². The predicted molar refractivity (Wildman–Crippen MR) is 106 cm³/mol. The number of carbonyl (C=O) groups excluding carboxylic acids is 2. The van der Waals surface area contributed by atoms with Crippen molar-refractivity contribution in [1.82, 2.24) is 9.47 Å². The van der Waals surface area contributed by atoms with Gasteiger partial charge in [0.2, 0.25) is 5.91 Å². The van der Waals surface area contributed by atoms with Crippen molar-refractivity contribution in [3.63, 3.8) is 0 Å². The highest BCUT2D eigenvalue weighted by molar-refractivity contribution is 6.02. The van der Waals surface area contributed by atoms with E-state index >= 15 is 0 Å². The lowest BCUT2D eigenvalue weighted by Gasteiger charge is -2.43. The van der Waals surface area contributed by atoms with E-state index in [9.17, 15) is 9.59 Å². The Morgan fingerprint density at radius 2 is 1.97 bits per heavy atom.